The maximum Gasteiger partial charge on any atom is 0.274 e. The van der Waals surface area contributed by atoms with Crippen LogP contribution in [0.3, 0.4) is 0 Å². The summed E-state index contributed by atoms with van der Waals surface area (Å²) >= 11 is 27.7. The molecule has 30 heavy (non-hydrogen) atoms. The molecule has 0 aliphatic heterocycles. The normalized spacial score (nSPS) is 11.0. The lowest BCUT2D eigenvalue weighted by atomic mass is 10.2. The van der Waals surface area contributed by atoms with Crippen LogP contribution in [0.4, 0.5) is 0 Å². The van der Waals surface area contributed by atoms with Gasteiger partial charge in [0.2, 0.25) is 0 Å². The van der Waals surface area contributed by atoms with Crippen LogP contribution in [0.5, 0.6) is 5.75 Å². The lowest BCUT2D eigenvalue weighted by molar-refractivity contribution is 0.0955. The zero-order chi connectivity index (χ0) is 21.7. The van der Waals surface area contributed by atoms with Crippen LogP contribution in [0.25, 0.3) is 0 Å². The summed E-state index contributed by atoms with van der Waals surface area (Å²) in [5, 5.41) is 5.43. The number of pyridine rings is 1. The van der Waals surface area contributed by atoms with Gasteiger partial charge in [-0.25, -0.2) is 10.4 Å². The van der Waals surface area contributed by atoms with E-state index in [1.54, 1.807) is 42.5 Å². The minimum Gasteiger partial charge on any atom is -0.486 e. The van der Waals surface area contributed by atoms with Gasteiger partial charge in [0, 0.05) is 21.8 Å². The first-order valence-corrected chi connectivity index (χ1v) is 10.7. The van der Waals surface area contributed by atoms with Crippen LogP contribution in [0.15, 0.2) is 58.2 Å². The van der Waals surface area contributed by atoms with E-state index in [4.69, 9.17) is 51.1 Å². The molecule has 154 valence electrons. The molecule has 0 saturated carbocycles. The molecule has 1 amide bonds. The van der Waals surface area contributed by atoms with Crippen LogP contribution in [0, 0.1) is 0 Å². The minimum absolute atomic E-state index is 0.0956. The Morgan fingerprint density at radius 3 is 2.63 bits per heavy atom. The number of halogens is 5. The van der Waals surface area contributed by atoms with Gasteiger partial charge in [0.05, 0.1) is 21.3 Å². The minimum atomic E-state index is -0.477. The van der Waals surface area contributed by atoms with Gasteiger partial charge in [-0.2, -0.15) is 5.10 Å². The second kappa shape index (κ2) is 10.5. The highest BCUT2D eigenvalue weighted by Gasteiger charge is 2.12. The number of hydrogen-bond donors (Lipinski definition) is 1. The average molecular weight is 548 g/mol. The van der Waals surface area contributed by atoms with Gasteiger partial charge in [-0.3, -0.25) is 4.79 Å². The molecule has 1 N–H and O–H groups in total. The highest BCUT2D eigenvalue weighted by Crippen LogP contribution is 2.35. The summed E-state index contributed by atoms with van der Waals surface area (Å²) < 4.78 is 6.41. The van der Waals surface area contributed by atoms with E-state index in [2.05, 4.69) is 31.4 Å². The first-order chi connectivity index (χ1) is 14.3. The van der Waals surface area contributed by atoms with E-state index in [-0.39, 0.29) is 17.3 Å². The van der Waals surface area contributed by atoms with E-state index in [0.717, 1.165) is 5.56 Å². The topological polar surface area (TPSA) is 63.6 Å². The van der Waals surface area contributed by atoms with Crippen molar-refractivity contribution in [3.63, 3.8) is 0 Å². The highest BCUT2D eigenvalue weighted by molar-refractivity contribution is 9.10. The van der Waals surface area contributed by atoms with Gasteiger partial charge in [0.15, 0.2) is 5.75 Å². The first kappa shape index (κ1) is 22.8. The molecule has 10 heteroatoms. The Hall–Kier alpha value is -1.83. The zero-order valence-electron chi connectivity index (χ0n) is 15.0. The maximum atomic E-state index is 12.1. The number of carbonyl (C=O) groups is 1. The first-order valence-electron chi connectivity index (χ1n) is 8.35. The molecule has 1 aromatic heterocycles. The summed E-state index contributed by atoms with van der Waals surface area (Å²) in [6, 6.07) is 11.7. The van der Waals surface area contributed by atoms with E-state index in [1.807, 2.05) is 0 Å². The van der Waals surface area contributed by atoms with Crippen molar-refractivity contribution >= 4 is 74.5 Å². The number of aromatic nitrogens is 1. The van der Waals surface area contributed by atoms with Crippen molar-refractivity contribution in [2.75, 3.05) is 0 Å². The summed E-state index contributed by atoms with van der Waals surface area (Å²) in [7, 11) is 0. The van der Waals surface area contributed by atoms with E-state index in [9.17, 15) is 4.79 Å². The Labute approximate surface area is 201 Å². The summed E-state index contributed by atoms with van der Waals surface area (Å²) in [5.41, 5.74) is 4.02. The molecule has 1 heterocycles. The lowest BCUT2D eigenvalue weighted by Crippen LogP contribution is -2.18. The van der Waals surface area contributed by atoms with Crippen molar-refractivity contribution in [1.82, 2.24) is 10.4 Å². The summed E-state index contributed by atoms with van der Waals surface area (Å²) in [5.74, 6) is -0.0275. The van der Waals surface area contributed by atoms with Gasteiger partial charge in [0.25, 0.3) is 5.91 Å². The molecule has 0 fully saturated rings. The fraction of sp³-hybridized carbons (Fsp3) is 0.0500. The number of benzene rings is 2. The third kappa shape index (κ3) is 5.86. The van der Waals surface area contributed by atoms with Gasteiger partial charge < -0.3 is 4.74 Å². The monoisotopic (exact) mass is 545 g/mol. The summed E-state index contributed by atoms with van der Waals surface area (Å²) in [4.78, 5) is 15.9. The number of hydrogen-bond acceptors (Lipinski definition) is 4. The number of rotatable bonds is 6. The molecule has 3 rings (SSSR count). The van der Waals surface area contributed by atoms with Crippen molar-refractivity contribution in [1.29, 1.82) is 0 Å². The number of ether oxygens (including phenoxy) is 1. The van der Waals surface area contributed by atoms with E-state index >= 15 is 0 Å². The number of carbonyl (C=O) groups excluding carboxylic acids is 1. The predicted molar refractivity (Wildman–Crippen MR) is 124 cm³/mol. The summed E-state index contributed by atoms with van der Waals surface area (Å²) in [6.07, 6.45) is 2.94. The highest BCUT2D eigenvalue weighted by atomic mass is 79.9. The SMILES string of the molecule is O=C(NN=Cc1cc(Cl)c(OCc2ccc(Cl)cc2Cl)c(Br)c1)c1cccnc1Cl. The molecule has 0 bridgehead atoms. The van der Waals surface area contributed by atoms with Crippen LogP contribution >= 0.6 is 62.3 Å². The van der Waals surface area contributed by atoms with Crippen molar-refractivity contribution in [3.8, 4) is 5.75 Å². The molecule has 0 atom stereocenters. The zero-order valence-corrected chi connectivity index (χ0v) is 19.6. The summed E-state index contributed by atoms with van der Waals surface area (Å²) in [6.45, 7) is 0.212. The maximum absolute atomic E-state index is 12.1. The van der Waals surface area contributed by atoms with Crippen LogP contribution < -0.4 is 10.2 Å². The standard InChI is InChI=1S/C20H12BrCl4N3O2/c21-15-6-11(9-27-28-20(29)14-2-1-5-26-19(14)25)7-17(24)18(15)30-10-12-3-4-13(22)8-16(12)23/h1-9H,10H2,(H,28,29). The van der Waals surface area contributed by atoms with Crippen molar-refractivity contribution in [2.45, 2.75) is 6.61 Å². The molecular weight excluding hydrogens is 536 g/mol. The second-order valence-corrected chi connectivity index (χ2v) is 8.34. The number of amides is 1. The lowest BCUT2D eigenvalue weighted by Gasteiger charge is -2.12. The van der Waals surface area contributed by atoms with Crippen molar-refractivity contribution in [3.05, 3.63) is 90.0 Å². The van der Waals surface area contributed by atoms with Crippen LogP contribution in [0.2, 0.25) is 20.2 Å². The molecule has 3 aromatic rings. The van der Waals surface area contributed by atoms with Gasteiger partial charge in [-0.1, -0.05) is 52.5 Å². The predicted octanol–water partition coefficient (Wildman–Crippen LogP) is 6.80. The molecule has 0 aliphatic carbocycles. The molecule has 2 aromatic carbocycles. The molecule has 0 unspecified atom stereocenters. The van der Waals surface area contributed by atoms with Crippen LogP contribution in [-0.4, -0.2) is 17.1 Å². The van der Waals surface area contributed by atoms with Crippen molar-refractivity contribution in [2.24, 2.45) is 5.10 Å². The Kier molecular flexibility index (Phi) is 7.97. The molecule has 0 spiro atoms. The third-order valence-corrected chi connectivity index (χ3v) is 5.55. The van der Waals surface area contributed by atoms with Gasteiger partial charge in [-0.15, -0.1) is 0 Å². The largest absolute Gasteiger partial charge is 0.486 e. The number of hydrazone groups is 1. The number of nitrogens with one attached hydrogen (secondary N) is 1. The molecule has 0 radical (unpaired) electrons. The average Bonchev–Trinajstić information content (AvgIpc) is 2.69. The van der Waals surface area contributed by atoms with Crippen LogP contribution in [0.1, 0.15) is 21.5 Å². The van der Waals surface area contributed by atoms with Crippen molar-refractivity contribution < 1.29 is 9.53 Å². The Morgan fingerprint density at radius 1 is 1.13 bits per heavy atom. The number of nitrogens with zero attached hydrogens (tertiary/aromatic N) is 2. The fourth-order valence-corrected chi connectivity index (χ4v) is 4.02. The Balaban J connectivity index is 1.67. The van der Waals surface area contributed by atoms with Gasteiger partial charge >= 0.3 is 0 Å². The fourth-order valence-electron chi connectivity index (χ4n) is 2.36. The second-order valence-electron chi connectivity index (χ2n) is 5.88. The Bertz CT molecular complexity index is 1100. The molecule has 5 nitrogen and oxygen atoms in total. The smallest absolute Gasteiger partial charge is 0.274 e. The van der Waals surface area contributed by atoms with Gasteiger partial charge in [-0.05, 0) is 57.9 Å². The van der Waals surface area contributed by atoms with E-state index in [0.29, 0.717) is 30.9 Å². The molecular formula is C20H12BrCl4N3O2. The third-order valence-electron chi connectivity index (χ3n) is 3.79. The van der Waals surface area contributed by atoms with Crippen LogP contribution in [-0.2, 0) is 6.61 Å². The molecule has 0 aliphatic rings. The molecule has 0 saturated heterocycles. The van der Waals surface area contributed by atoms with E-state index in [1.165, 1.54) is 12.4 Å². The van der Waals surface area contributed by atoms with E-state index < -0.39 is 5.91 Å². The van der Waals surface area contributed by atoms with Gasteiger partial charge in [0.1, 0.15) is 11.8 Å². The quantitative estimate of drug-likeness (QED) is 0.210. The Morgan fingerprint density at radius 2 is 1.93 bits per heavy atom.